The summed E-state index contributed by atoms with van der Waals surface area (Å²) in [6, 6.07) is 8.49. The molecular formula is C53H85NO13. The number of esters is 4. The maximum atomic E-state index is 12.9. The first-order valence-corrected chi connectivity index (χ1v) is 23.6. The lowest BCUT2D eigenvalue weighted by Gasteiger charge is -2.27. The van der Waals surface area contributed by atoms with Crippen molar-refractivity contribution in [2.45, 2.75) is 151 Å². The smallest absolute Gasteiger partial charge is 0.410 e. The molecule has 1 amide bonds. The van der Waals surface area contributed by atoms with Gasteiger partial charge in [0.1, 0.15) is 25.1 Å². The third kappa shape index (κ3) is 33.1. The van der Waals surface area contributed by atoms with E-state index in [0.29, 0.717) is 25.7 Å². The molecule has 0 aliphatic carbocycles. The highest BCUT2D eigenvalue weighted by atomic mass is 16.6. The van der Waals surface area contributed by atoms with Crippen LogP contribution in [0.15, 0.2) is 73.4 Å². The van der Waals surface area contributed by atoms with Gasteiger partial charge in [0.25, 0.3) is 0 Å². The minimum Gasteiger partial charge on any atom is -0.461 e. The molecule has 1 rings (SSSR count). The van der Waals surface area contributed by atoms with Crippen LogP contribution < -0.4 is 0 Å². The lowest BCUT2D eigenvalue weighted by molar-refractivity contribution is -0.164. The molecule has 0 aromatic heterocycles. The first-order valence-electron chi connectivity index (χ1n) is 23.6. The van der Waals surface area contributed by atoms with Crippen LogP contribution in [0, 0.1) is 24.7 Å². The molecule has 0 heterocycles. The van der Waals surface area contributed by atoms with Gasteiger partial charge in [0.2, 0.25) is 0 Å². The molecule has 0 saturated carbocycles. The number of aliphatic hydroxyl groups excluding tert-OH is 1. The molecule has 0 saturated heterocycles. The number of aryl methyl sites for hydroxylation is 2. The number of carbonyl (C=O) groups is 6. The van der Waals surface area contributed by atoms with Crippen LogP contribution in [0.2, 0.25) is 0 Å². The molecule has 0 bridgehead atoms. The van der Waals surface area contributed by atoms with Crippen LogP contribution in [0.4, 0.5) is 4.79 Å². The Bertz CT molecular complexity index is 1650. The summed E-state index contributed by atoms with van der Waals surface area (Å²) >= 11 is 0. The van der Waals surface area contributed by atoms with E-state index in [2.05, 4.69) is 50.9 Å². The fraction of sp³-hybridized carbons (Fsp3) is 0.623. The summed E-state index contributed by atoms with van der Waals surface area (Å²) in [6.07, 6.45) is 8.49. The Morgan fingerprint density at radius 1 is 0.761 bits per heavy atom. The van der Waals surface area contributed by atoms with Gasteiger partial charge in [-0.1, -0.05) is 114 Å². The number of methoxy groups -OCH3 is 1. The van der Waals surface area contributed by atoms with Crippen molar-refractivity contribution in [3.05, 3.63) is 84.5 Å². The predicted octanol–water partition coefficient (Wildman–Crippen LogP) is 9.83. The van der Waals surface area contributed by atoms with Crippen molar-refractivity contribution in [2.24, 2.45) is 17.8 Å². The van der Waals surface area contributed by atoms with Gasteiger partial charge in [-0.05, 0) is 91.5 Å². The summed E-state index contributed by atoms with van der Waals surface area (Å²) in [5.74, 6) is -2.68. The topological polar surface area (TPSA) is 181 Å². The lowest BCUT2D eigenvalue weighted by atomic mass is 10.0. The highest BCUT2D eigenvalue weighted by molar-refractivity contribution is 5.73. The van der Waals surface area contributed by atoms with E-state index in [9.17, 15) is 33.9 Å². The molecule has 1 N–H and O–H groups in total. The number of ether oxygens (including phenoxy) is 6. The second-order valence-corrected chi connectivity index (χ2v) is 17.2. The summed E-state index contributed by atoms with van der Waals surface area (Å²) in [6.45, 7) is 29.1. The molecule has 0 radical (unpaired) electrons. The van der Waals surface area contributed by atoms with E-state index in [4.69, 9.17) is 28.4 Å². The normalized spacial score (nSPS) is 13.2. The average molecular weight is 944 g/mol. The molecule has 0 spiro atoms. The quantitative estimate of drug-likeness (QED) is 0.0322. The SMILES string of the molecule is C=CC(=C)CCC(C)C(=O)OCC(COC)OC(=O)CCCN(CCCC(=O)OC(CO)COC(=O)C(C)CC/C(C=C)=C/C)C(=O)OC(C)(C)C.CC.Cc1ccc(CCC(C)C=O)cc1. The number of benzene rings is 1. The van der Waals surface area contributed by atoms with Gasteiger partial charge < -0.3 is 43.2 Å². The number of hydrogen-bond acceptors (Lipinski definition) is 13. The fourth-order valence-electron chi connectivity index (χ4n) is 5.70. The molecular weight excluding hydrogens is 859 g/mol. The van der Waals surface area contributed by atoms with Gasteiger partial charge in [-0.3, -0.25) is 19.2 Å². The Morgan fingerprint density at radius 3 is 1.72 bits per heavy atom. The Morgan fingerprint density at radius 2 is 1.27 bits per heavy atom. The minimum atomic E-state index is -1.03. The second-order valence-electron chi connectivity index (χ2n) is 17.2. The third-order valence-electron chi connectivity index (χ3n) is 9.98. The van der Waals surface area contributed by atoms with Crippen molar-refractivity contribution in [3.63, 3.8) is 0 Å². The number of aldehydes is 1. The Kier molecular flexibility index (Phi) is 36.3. The van der Waals surface area contributed by atoms with Crippen molar-refractivity contribution in [2.75, 3.05) is 46.6 Å². The molecule has 14 heteroatoms. The highest BCUT2D eigenvalue weighted by Gasteiger charge is 2.25. The van der Waals surface area contributed by atoms with E-state index >= 15 is 0 Å². The van der Waals surface area contributed by atoms with Crippen molar-refractivity contribution in [1.29, 1.82) is 0 Å². The average Bonchev–Trinajstić information content (AvgIpc) is 3.30. The summed E-state index contributed by atoms with van der Waals surface area (Å²) in [5, 5.41) is 9.68. The van der Waals surface area contributed by atoms with E-state index < -0.39 is 60.3 Å². The van der Waals surface area contributed by atoms with Crippen molar-refractivity contribution >= 4 is 36.3 Å². The largest absolute Gasteiger partial charge is 0.461 e. The third-order valence-corrected chi connectivity index (χ3v) is 9.98. The van der Waals surface area contributed by atoms with Gasteiger partial charge in [0, 0.05) is 39.0 Å². The van der Waals surface area contributed by atoms with E-state index in [0.717, 1.165) is 30.3 Å². The number of aliphatic hydroxyl groups is 1. The Hall–Kier alpha value is -5.08. The van der Waals surface area contributed by atoms with Gasteiger partial charge >= 0.3 is 30.0 Å². The van der Waals surface area contributed by atoms with Crippen LogP contribution in [0.5, 0.6) is 0 Å². The minimum absolute atomic E-state index is 0.0211. The number of carbonyl (C=O) groups excluding carboxylic acids is 6. The summed E-state index contributed by atoms with van der Waals surface area (Å²) in [5.41, 5.74) is 3.67. The molecule has 5 unspecified atom stereocenters. The highest BCUT2D eigenvalue weighted by Crippen LogP contribution is 2.17. The number of amides is 1. The van der Waals surface area contributed by atoms with E-state index in [-0.39, 0.29) is 70.4 Å². The zero-order chi connectivity index (χ0) is 51.4. The maximum absolute atomic E-state index is 12.9. The molecule has 0 fully saturated rings. The standard InChI is InChI=1S/C39H63NO12.C12H16O.C2H6/c1-11-28(4)18-19-29(5)36(44)49-27-33(25-47-10)51-35(43)17-15-23-40(38(46)52-39(7,8)9)22-14-16-34(42)50-32(24-41)26-48-37(45)30(6)20-21-31(12-2)13-3;1-10-3-6-12(7-4-10)8-5-11(2)9-13;1-2/h11-13,29-30,32-33,41H,1-2,4,14-27H2,3,5-10H3;3-4,6-7,9,11H,5,8H2,1-2H3;1-2H3/b31-13+;;. The fourth-order valence-corrected chi connectivity index (χ4v) is 5.70. The van der Waals surface area contributed by atoms with Gasteiger partial charge in [0.05, 0.1) is 25.0 Å². The predicted molar refractivity (Wildman–Crippen MR) is 263 cm³/mol. The number of allylic oxidation sites excluding steroid dienone is 5. The molecule has 0 aliphatic rings. The second kappa shape index (κ2) is 37.9. The van der Waals surface area contributed by atoms with Crippen molar-refractivity contribution in [1.82, 2.24) is 4.90 Å². The molecule has 380 valence electrons. The zero-order valence-electron chi connectivity index (χ0n) is 42.7. The van der Waals surface area contributed by atoms with Gasteiger partial charge in [-0.2, -0.15) is 0 Å². The molecule has 5 atom stereocenters. The summed E-state index contributed by atoms with van der Waals surface area (Å²) < 4.78 is 32.0. The first-order chi connectivity index (χ1) is 31.7. The molecule has 14 nitrogen and oxygen atoms in total. The van der Waals surface area contributed by atoms with Crippen molar-refractivity contribution in [3.8, 4) is 0 Å². The molecule has 1 aromatic carbocycles. The van der Waals surface area contributed by atoms with Gasteiger partial charge in [0.15, 0.2) is 12.2 Å². The molecule has 0 aliphatic heterocycles. The monoisotopic (exact) mass is 944 g/mol. The molecule has 1 aromatic rings. The summed E-state index contributed by atoms with van der Waals surface area (Å²) in [7, 11) is 1.44. The van der Waals surface area contributed by atoms with Crippen LogP contribution >= 0.6 is 0 Å². The molecule has 67 heavy (non-hydrogen) atoms. The van der Waals surface area contributed by atoms with E-state index in [1.165, 1.54) is 23.1 Å². The zero-order valence-corrected chi connectivity index (χ0v) is 42.7. The van der Waals surface area contributed by atoms with Crippen LogP contribution in [0.3, 0.4) is 0 Å². The van der Waals surface area contributed by atoms with Crippen LogP contribution in [0.25, 0.3) is 0 Å². The van der Waals surface area contributed by atoms with E-state index in [1.807, 2.05) is 33.8 Å². The summed E-state index contributed by atoms with van der Waals surface area (Å²) in [4.78, 5) is 74.7. The van der Waals surface area contributed by atoms with Crippen LogP contribution in [-0.4, -0.2) is 111 Å². The first kappa shape index (κ1) is 64.0. The number of hydrogen-bond donors (Lipinski definition) is 1. The Labute approximate surface area is 402 Å². The van der Waals surface area contributed by atoms with Crippen LogP contribution in [0.1, 0.15) is 131 Å². The maximum Gasteiger partial charge on any atom is 0.410 e. The number of rotatable bonds is 31. The van der Waals surface area contributed by atoms with Gasteiger partial charge in [-0.25, -0.2) is 4.79 Å². The Balaban J connectivity index is 0. The lowest BCUT2D eigenvalue weighted by Crippen LogP contribution is -2.38. The van der Waals surface area contributed by atoms with Crippen molar-refractivity contribution < 1.29 is 62.3 Å². The number of nitrogens with zero attached hydrogens (tertiary/aromatic N) is 1. The van der Waals surface area contributed by atoms with Gasteiger partial charge in [-0.15, -0.1) is 0 Å². The van der Waals surface area contributed by atoms with E-state index in [1.54, 1.807) is 46.8 Å². The van der Waals surface area contributed by atoms with Crippen LogP contribution in [-0.2, 0) is 58.8 Å².